The lowest BCUT2D eigenvalue weighted by atomic mass is 9.89. The second kappa shape index (κ2) is 8.65. The minimum atomic E-state index is -0.320. The maximum Gasteiger partial charge on any atom is 0.337 e. The fourth-order valence-electron chi connectivity index (χ4n) is 3.96. The highest BCUT2D eigenvalue weighted by atomic mass is 16.5. The van der Waals surface area contributed by atoms with Crippen LogP contribution in [0.25, 0.3) is 17.0 Å². The summed E-state index contributed by atoms with van der Waals surface area (Å²) in [5, 5.41) is 1.13. The molecule has 0 N–H and O–H groups in total. The standard InChI is InChI=1S/C28H27NO2/c1-19-5-9-21(10-6-19)11-15-24(22-12-7-20(2)8-13-22)26-18-29(3)27-17-23(28(30)31-4)14-16-25(26)27/h5-18,24H,1-4H3/b15-11+. The molecule has 0 amide bonds. The van der Waals surface area contributed by atoms with E-state index in [1.165, 1.54) is 34.9 Å². The molecule has 0 saturated carbocycles. The van der Waals surface area contributed by atoms with E-state index in [1.54, 1.807) is 0 Å². The van der Waals surface area contributed by atoms with Gasteiger partial charge in [-0.3, -0.25) is 0 Å². The number of carbonyl (C=O) groups is 1. The molecule has 0 radical (unpaired) electrons. The molecule has 1 aromatic heterocycles. The Kier molecular flexibility index (Phi) is 5.77. The molecular formula is C28H27NO2. The number of fused-ring (bicyclic) bond motifs is 1. The zero-order valence-corrected chi connectivity index (χ0v) is 18.4. The summed E-state index contributed by atoms with van der Waals surface area (Å²) in [6, 6.07) is 23.0. The molecule has 0 aliphatic carbocycles. The number of aryl methyl sites for hydroxylation is 3. The largest absolute Gasteiger partial charge is 0.465 e. The molecule has 1 atom stereocenters. The Balaban J connectivity index is 1.83. The molecule has 1 heterocycles. The molecule has 31 heavy (non-hydrogen) atoms. The van der Waals surface area contributed by atoms with E-state index in [0.29, 0.717) is 5.56 Å². The lowest BCUT2D eigenvalue weighted by Gasteiger charge is -2.14. The van der Waals surface area contributed by atoms with Gasteiger partial charge in [0, 0.05) is 30.1 Å². The third kappa shape index (κ3) is 4.31. The average Bonchev–Trinajstić information content (AvgIpc) is 3.11. The second-order valence-corrected chi connectivity index (χ2v) is 8.08. The Labute approximate surface area is 183 Å². The highest BCUT2D eigenvalue weighted by Gasteiger charge is 2.18. The van der Waals surface area contributed by atoms with E-state index in [1.807, 2.05) is 25.2 Å². The van der Waals surface area contributed by atoms with Crippen LogP contribution in [0, 0.1) is 13.8 Å². The smallest absolute Gasteiger partial charge is 0.337 e. The van der Waals surface area contributed by atoms with E-state index in [0.717, 1.165) is 10.9 Å². The minimum Gasteiger partial charge on any atom is -0.465 e. The molecule has 3 nitrogen and oxygen atoms in total. The molecule has 3 aromatic carbocycles. The third-order valence-electron chi connectivity index (χ3n) is 5.77. The van der Waals surface area contributed by atoms with Gasteiger partial charge in [0.05, 0.1) is 12.7 Å². The third-order valence-corrected chi connectivity index (χ3v) is 5.77. The van der Waals surface area contributed by atoms with Crippen LogP contribution in [0.15, 0.2) is 79.0 Å². The van der Waals surface area contributed by atoms with Crippen molar-refractivity contribution in [2.45, 2.75) is 19.8 Å². The number of methoxy groups -OCH3 is 1. The van der Waals surface area contributed by atoms with Crippen molar-refractivity contribution < 1.29 is 9.53 Å². The van der Waals surface area contributed by atoms with Gasteiger partial charge in [0.25, 0.3) is 0 Å². The average molecular weight is 410 g/mol. The van der Waals surface area contributed by atoms with Crippen molar-refractivity contribution in [3.05, 3.63) is 112 Å². The van der Waals surface area contributed by atoms with E-state index >= 15 is 0 Å². The number of esters is 1. The van der Waals surface area contributed by atoms with E-state index < -0.39 is 0 Å². The van der Waals surface area contributed by atoms with Crippen molar-refractivity contribution in [3.63, 3.8) is 0 Å². The van der Waals surface area contributed by atoms with Gasteiger partial charge in [0.15, 0.2) is 0 Å². The molecule has 4 aromatic rings. The lowest BCUT2D eigenvalue weighted by molar-refractivity contribution is 0.0601. The second-order valence-electron chi connectivity index (χ2n) is 8.08. The number of nitrogens with zero attached hydrogens (tertiary/aromatic N) is 1. The van der Waals surface area contributed by atoms with Crippen LogP contribution < -0.4 is 0 Å². The summed E-state index contributed by atoms with van der Waals surface area (Å²) in [6.07, 6.45) is 6.61. The minimum absolute atomic E-state index is 0.0922. The van der Waals surface area contributed by atoms with Crippen LogP contribution >= 0.6 is 0 Å². The SMILES string of the molecule is COC(=O)c1ccc2c(C(/C=C/c3ccc(C)cc3)c3ccc(C)cc3)cn(C)c2c1. The van der Waals surface area contributed by atoms with Gasteiger partial charge in [0.2, 0.25) is 0 Å². The summed E-state index contributed by atoms with van der Waals surface area (Å²) in [6.45, 7) is 4.20. The molecule has 0 aliphatic heterocycles. The Morgan fingerprint density at radius 3 is 2.23 bits per heavy atom. The molecule has 0 bridgehead atoms. The summed E-state index contributed by atoms with van der Waals surface area (Å²) in [7, 11) is 3.43. The highest BCUT2D eigenvalue weighted by Crippen LogP contribution is 2.34. The van der Waals surface area contributed by atoms with Gasteiger partial charge in [0.1, 0.15) is 0 Å². The number of carbonyl (C=O) groups excluding carboxylic acids is 1. The van der Waals surface area contributed by atoms with Crippen LogP contribution in [0.4, 0.5) is 0 Å². The predicted octanol–water partition coefficient (Wildman–Crippen LogP) is 6.43. The summed E-state index contributed by atoms with van der Waals surface area (Å²) >= 11 is 0. The van der Waals surface area contributed by atoms with Gasteiger partial charge in [-0.15, -0.1) is 0 Å². The topological polar surface area (TPSA) is 31.2 Å². The number of hydrogen-bond acceptors (Lipinski definition) is 2. The zero-order valence-electron chi connectivity index (χ0n) is 18.4. The molecule has 0 fully saturated rings. The quantitative estimate of drug-likeness (QED) is 0.356. The highest BCUT2D eigenvalue weighted by molar-refractivity contribution is 5.96. The monoisotopic (exact) mass is 409 g/mol. The van der Waals surface area contributed by atoms with Crippen LogP contribution in [0.5, 0.6) is 0 Å². The number of hydrogen-bond donors (Lipinski definition) is 0. The first kappa shape index (κ1) is 20.7. The first-order valence-corrected chi connectivity index (χ1v) is 10.4. The number of benzene rings is 3. The summed E-state index contributed by atoms with van der Waals surface area (Å²) in [5.41, 5.74) is 7.69. The molecular weight excluding hydrogens is 382 g/mol. The van der Waals surface area contributed by atoms with E-state index in [-0.39, 0.29) is 11.9 Å². The van der Waals surface area contributed by atoms with E-state index in [9.17, 15) is 4.79 Å². The first-order valence-electron chi connectivity index (χ1n) is 10.4. The number of aromatic nitrogens is 1. The Morgan fingerprint density at radius 1 is 0.935 bits per heavy atom. The predicted molar refractivity (Wildman–Crippen MR) is 127 cm³/mol. The zero-order chi connectivity index (χ0) is 22.0. The van der Waals surface area contributed by atoms with Gasteiger partial charge in [-0.05, 0) is 42.7 Å². The molecule has 0 saturated heterocycles. The lowest BCUT2D eigenvalue weighted by Crippen LogP contribution is -2.01. The maximum atomic E-state index is 12.0. The van der Waals surface area contributed by atoms with Crippen LogP contribution in [-0.4, -0.2) is 17.6 Å². The van der Waals surface area contributed by atoms with Gasteiger partial charge in [-0.2, -0.15) is 0 Å². The van der Waals surface area contributed by atoms with E-state index in [2.05, 4.69) is 85.3 Å². The summed E-state index contributed by atoms with van der Waals surface area (Å²) in [5.74, 6) is -0.228. The van der Waals surface area contributed by atoms with Crippen molar-refractivity contribution in [2.75, 3.05) is 7.11 Å². The summed E-state index contributed by atoms with van der Waals surface area (Å²) in [4.78, 5) is 12.0. The Hall–Kier alpha value is -3.59. The Bertz CT molecular complexity index is 1240. The molecule has 3 heteroatoms. The van der Waals surface area contributed by atoms with Crippen molar-refractivity contribution in [1.82, 2.24) is 4.57 Å². The van der Waals surface area contributed by atoms with Crippen molar-refractivity contribution in [3.8, 4) is 0 Å². The van der Waals surface area contributed by atoms with Crippen molar-refractivity contribution in [1.29, 1.82) is 0 Å². The van der Waals surface area contributed by atoms with E-state index in [4.69, 9.17) is 4.74 Å². The normalized spacial score (nSPS) is 12.4. The number of allylic oxidation sites excluding steroid dienone is 1. The van der Waals surface area contributed by atoms with Crippen molar-refractivity contribution in [2.24, 2.45) is 7.05 Å². The maximum absolute atomic E-state index is 12.0. The molecule has 156 valence electrons. The van der Waals surface area contributed by atoms with Crippen LogP contribution in [0.2, 0.25) is 0 Å². The van der Waals surface area contributed by atoms with Crippen molar-refractivity contribution >= 4 is 22.9 Å². The molecule has 4 rings (SSSR count). The molecule has 0 spiro atoms. The van der Waals surface area contributed by atoms with Gasteiger partial charge < -0.3 is 9.30 Å². The van der Waals surface area contributed by atoms with Gasteiger partial charge in [-0.25, -0.2) is 4.79 Å². The van der Waals surface area contributed by atoms with Gasteiger partial charge in [-0.1, -0.05) is 77.9 Å². The Morgan fingerprint density at radius 2 is 1.58 bits per heavy atom. The fourth-order valence-corrected chi connectivity index (χ4v) is 3.96. The fraction of sp³-hybridized carbons (Fsp3) is 0.179. The van der Waals surface area contributed by atoms with Crippen LogP contribution in [-0.2, 0) is 11.8 Å². The van der Waals surface area contributed by atoms with Crippen LogP contribution in [0.3, 0.4) is 0 Å². The molecule has 1 unspecified atom stereocenters. The first-order chi connectivity index (χ1) is 15.0. The molecule has 0 aliphatic rings. The number of rotatable bonds is 5. The van der Waals surface area contributed by atoms with Gasteiger partial charge >= 0.3 is 5.97 Å². The van der Waals surface area contributed by atoms with Crippen LogP contribution in [0.1, 0.15) is 44.1 Å². The summed E-state index contributed by atoms with van der Waals surface area (Å²) < 4.78 is 6.98. The number of ether oxygens (including phenoxy) is 1.